The Bertz CT molecular complexity index is 798. The minimum atomic E-state index is -3.79. The van der Waals surface area contributed by atoms with Crippen LogP contribution in [0.15, 0.2) is 24.3 Å². The molecule has 1 amide bonds. The Morgan fingerprint density at radius 3 is 2.31 bits per heavy atom. The lowest BCUT2D eigenvalue weighted by Crippen LogP contribution is -2.41. The molecule has 1 saturated heterocycles. The number of nitrogens with one attached hydrogen (secondary N) is 2. The van der Waals surface area contributed by atoms with Crippen LogP contribution in [0, 0.1) is 11.3 Å². The topological polar surface area (TPSA) is 98.7 Å². The van der Waals surface area contributed by atoms with Crippen molar-refractivity contribution >= 4 is 27.3 Å². The van der Waals surface area contributed by atoms with E-state index >= 15 is 0 Å². The smallest absolute Gasteiger partial charge is 0.241 e. The van der Waals surface area contributed by atoms with Gasteiger partial charge in [-0.2, -0.15) is 0 Å². The van der Waals surface area contributed by atoms with Gasteiger partial charge in [0, 0.05) is 36.4 Å². The SMILES string of the molecule is CC(C)[C@H](O)C1(CNC(=O)CS(=O)(=O)Nc2ccc(N3CCCCC3)cc2)CC1. The van der Waals surface area contributed by atoms with Gasteiger partial charge in [0.25, 0.3) is 0 Å². The minimum absolute atomic E-state index is 0.104. The molecule has 1 aromatic rings. The zero-order chi connectivity index (χ0) is 21.1. The van der Waals surface area contributed by atoms with Crippen molar-refractivity contribution in [3.8, 4) is 0 Å². The van der Waals surface area contributed by atoms with Gasteiger partial charge < -0.3 is 15.3 Å². The van der Waals surface area contributed by atoms with Gasteiger partial charge in [0.1, 0.15) is 5.75 Å². The highest BCUT2D eigenvalue weighted by Gasteiger charge is 2.49. The Balaban J connectivity index is 1.50. The lowest BCUT2D eigenvalue weighted by molar-refractivity contribution is -0.119. The van der Waals surface area contributed by atoms with Gasteiger partial charge in [0.15, 0.2) is 0 Å². The summed E-state index contributed by atoms with van der Waals surface area (Å²) in [5.74, 6) is -1.08. The van der Waals surface area contributed by atoms with Crippen molar-refractivity contribution in [1.29, 1.82) is 0 Å². The molecule has 29 heavy (non-hydrogen) atoms. The molecule has 1 saturated carbocycles. The van der Waals surface area contributed by atoms with Crippen LogP contribution in [-0.4, -0.2) is 50.9 Å². The van der Waals surface area contributed by atoms with Crippen LogP contribution < -0.4 is 14.9 Å². The molecule has 1 aliphatic carbocycles. The number of hydrogen-bond acceptors (Lipinski definition) is 5. The number of benzene rings is 1. The predicted molar refractivity (Wildman–Crippen MR) is 115 cm³/mol. The first-order chi connectivity index (χ1) is 13.7. The fraction of sp³-hybridized carbons (Fsp3) is 0.667. The average Bonchev–Trinajstić information content (AvgIpc) is 3.47. The minimum Gasteiger partial charge on any atom is -0.392 e. The second kappa shape index (κ2) is 8.92. The Morgan fingerprint density at radius 1 is 1.14 bits per heavy atom. The molecule has 1 atom stereocenters. The van der Waals surface area contributed by atoms with Crippen LogP contribution in [0.4, 0.5) is 11.4 Å². The van der Waals surface area contributed by atoms with E-state index in [9.17, 15) is 18.3 Å². The number of amides is 1. The zero-order valence-electron chi connectivity index (χ0n) is 17.4. The van der Waals surface area contributed by atoms with E-state index < -0.39 is 27.8 Å². The van der Waals surface area contributed by atoms with Crippen molar-refractivity contribution in [2.45, 2.75) is 52.1 Å². The summed E-state index contributed by atoms with van der Waals surface area (Å²) in [6.45, 7) is 6.25. The van der Waals surface area contributed by atoms with E-state index in [1.807, 2.05) is 26.0 Å². The molecule has 1 aliphatic heterocycles. The molecular weight excluding hydrogens is 390 g/mol. The van der Waals surface area contributed by atoms with E-state index in [1.54, 1.807) is 12.1 Å². The largest absolute Gasteiger partial charge is 0.392 e. The molecule has 1 heterocycles. The van der Waals surface area contributed by atoms with Crippen molar-refractivity contribution in [3.63, 3.8) is 0 Å². The number of carbonyl (C=O) groups excluding carboxylic acids is 1. The monoisotopic (exact) mass is 423 g/mol. The first-order valence-electron chi connectivity index (χ1n) is 10.5. The number of nitrogens with zero attached hydrogens (tertiary/aromatic N) is 1. The summed E-state index contributed by atoms with van der Waals surface area (Å²) < 4.78 is 27.2. The molecule has 0 spiro atoms. The zero-order valence-corrected chi connectivity index (χ0v) is 18.2. The van der Waals surface area contributed by atoms with Gasteiger partial charge in [0.05, 0.1) is 6.10 Å². The Hall–Kier alpha value is -1.80. The maximum absolute atomic E-state index is 12.3. The van der Waals surface area contributed by atoms with Crippen LogP contribution in [0.5, 0.6) is 0 Å². The third kappa shape index (κ3) is 5.85. The van der Waals surface area contributed by atoms with E-state index in [0.29, 0.717) is 12.2 Å². The molecule has 8 heteroatoms. The lowest BCUT2D eigenvalue weighted by Gasteiger charge is -2.28. The van der Waals surface area contributed by atoms with Crippen LogP contribution in [0.25, 0.3) is 0 Å². The van der Waals surface area contributed by atoms with Crippen molar-refractivity contribution in [2.75, 3.05) is 35.0 Å². The maximum Gasteiger partial charge on any atom is 0.241 e. The molecule has 3 N–H and O–H groups in total. The van der Waals surface area contributed by atoms with Gasteiger partial charge in [0.2, 0.25) is 15.9 Å². The van der Waals surface area contributed by atoms with Crippen molar-refractivity contribution < 1.29 is 18.3 Å². The highest BCUT2D eigenvalue weighted by atomic mass is 32.2. The average molecular weight is 424 g/mol. The van der Waals surface area contributed by atoms with Crippen LogP contribution in [0.3, 0.4) is 0 Å². The number of hydrogen-bond donors (Lipinski definition) is 3. The number of rotatable bonds is 9. The molecule has 0 aromatic heterocycles. The quantitative estimate of drug-likeness (QED) is 0.566. The number of aliphatic hydroxyl groups excluding tert-OH is 1. The number of carbonyl (C=O) groups is 1. The van der Waals surface area contributed by atoms with Crippen LogP contribution >= 0.6 is 0 Å². The summed E-state index contributed by atoms with van der Waals surface area (Å²) in [6.07, 6.45) is 4.82. The molecule has 2 aliphatic rings. The van der Waals surface area contributed by atoms with Crippen molar-refractivity contribution in [1.82, 2.24) is 5.32 Å². The number of piperidine rings is 1. The fourth-order valence-electron chi connectivity index (χ4n) is 4.05. The second-order valence-corrected chi connectivity index (χ2v) is 10.5. The lowest BCUT2D eigenvalue weighted by atomic mass is 9.90. The van der Waals surface area contributed by atoms with Crippen LogP contribution in [0.1, 0.15) is 46.0 Å². The first-order valence-corrected chi connectivity index (χ1v) is 12.2. The summed E-state index contributed by atoms with van der Waals surface area (Å²) in [4.78, 5) is 14.5. The van der Waals surface area contributed by atoms with Crippen molar-refractivity contribution in [2.24, 2.45) is 11.3 Å². The number of anilines is 2. The Kier molecular flexibility index (Phi) is 6.73. The van der Waals surface area contributed by atoms with Crippen LogP contribution in [0.2, 0.25) is 0 Å². The third-order valence-corrected chi connectivity index (χ3v) is 7.16. The predicted octanol–water partition coefficient (Wildman–Crippen LogP) is 2.33. The van der Waals surface area contributed by atoms with Crippen LogP contribution in [-0.2, 0) is 14.8 Å². The summed E-state index contributed by atoms with van der Waals surface area (Å²) >= 11 is 0. The molecular formula is C21H33N3O4S. The second-order valence-electron chi connectivity index (χ2n) is 8.78. The molecule has 0 radical (unpaired) electrons. The first kappa shape index (κ1) is 21.9. The van der Waals surface area contributed by atoms with Gasteiger partial charge in [-0.15, -0.1) is 0 Å². The van der Waals surface area contributed by atoms with Gasteiger partial charge in [-0.25, -0.2) is 8.42 Å². The highest BCUT2D eigenvalue weighted by Crippen LogP contribution is 2.50. The molecule has 7 nitrogen and oxygen atoms in total. The fourth-order valence-corrected chi connectivity index (χ4v) is 5.07. The van der Waals surface area contributed by atoms with Gasteiger partial charge in [-0.3, -0.25) is 9.52 Å². The van der Waals surface area contributed by atoms with E-state index in [4.69, 9.17) is 0 Å². The molecule has 162 valence electrons. The Morgan fingerprint density at radius 2 is 1.76 bits per heavy atom. The van der Waals surface area contributed by atoms with Crippen molar-refractivity contribution in [3.05, 3.63) is 24.3 Å². The van der Waals surface area contributed by atoms with E-state index in [1.165, 1.54) is 19.3 Å². The van der Waals surface area contributed by atoms with E-state index in [0.717, 1.165) is 31.6 Å². The summed E-state index contributed by atoms with van der Waals surface area (Å²) in [5, 5.41) is 13.0. The highest BCUT2D eigenvalue weighted by molar-refractivity contribution is 7.93. The summed E-state index contributed by atoms with van der Waals surface area (Å²) in [7, 11) is -3.79. The maximum atomic E-state index is 12.3. The standard InChI is InChI=1S/C21H33N3O4S/c1-16(2)20(26)21(10-11-21)15-22-19(25)14-29(27,28)23-17-6-8-18(9-7-17)24-12-4-3-5-13-24/h6-9,16,20,23,26H,3-5,10-15H2,1-2H3,(H,22,25)/t20-/m0/s1. The third-order valence-electron chi connectivity index (χ3n) is 5.97. The molecule has 0 bridgehead atoms. The molecule has 1 aromatic carbocycles. The molecule has 0 unspecified atom stereocenters. The molecule has 3 rings (SSSR count). The summed E-state index contributed by atoms with van der Waals surface area (Å²) in [6, 6.07) is 7.29. The number of aliphatic hydroxyl groups is 1. The van der Waals surface area contributed by atoms with Gasteiger partial charge >= 0.3 is 0 Å². The van der Waals surface area contributed by atoms with E-state index in [2.05, 4.69) is 14.9 Å². The molecule has 2 fully saturated rings. The van der Waals surface area contributed by atoms with Gasteiger partial charge in [-0.1, -0.05) is 13.8 Å². The summed E-state index contributed by atoms with van der Waals surface area (Å²) in [5.41, 5.74) is 1.24. The van der Waals surface area contributed by atoms with Gasteiger partial charge in [-0.05, 0) is 62.3 Å². The Labute approximate surface area is 173 Å². The normalized spacial score (nSPS) is 19.7. The number of sulfonamides is 1. The van der Waals surface area contributed by atoms with E-state index in [-0.39, 0.29) is 11.3 Å².